The lowest BCUT2D eigenvalue weighted by Gasteiger charge is -2.32. The van der Waals surface area contributed by atoms with Crippen LogP contribution in [0.25, 0.3) is 22.3 Å². The predicted octanol–water partition coefficient (Wildman–Crippen LogP) is 5.96. The standard InChI is InChI=1S/C29H29N5O2/c30-16-21-12-13-27-28(15-21)34(20-31-27)18-23-7-4-6-22(14-23)17-33(29(35)36)19-25-10-5-11-26(32-25)24-8-2-1-3-9-24/h1-3,5,8-13,15,20,22-23H,4,6-7,14,17-19H2,(H,35,36)/t22?,23-/m0/s1. The van der Waals surface area contributed by atoms with Crippen molar-refractivity contribution in [1.82, 2.24) is 19.4 Å². The smallest absolute Gasteiger partial charge is 0.407 e. The number of pyridine rings is 1. The monoisotopic (exact) mass is 479 g/mol. The average Bonchev–Trinajstić information content (AvgIpc) is 3.31. The van der Waals surface area contributed by atoms with Crippen LogP contribution < -0.4 is 0 Å². The molecular formula is C29H29N5O2. The number of rotatable bonds is 7. The summed E-state index contributed by atoms with van der Waals surface area (Å²) in [6, 6.07) is 23.5. The molecule has 1 unspecified atom stereocenters. The molecule has 0 radical (unpaired) electrons. The van der Waals surface area contributed by atoms with Gasteiger partial charge in [-0.1, -0.05) is 42.8 Å². The Kier molecular flexibility index (Phi) is 6.94. The fourth-order valence-electron chi connectivity index (χ4n) is 5.34. The van der Waals surface area contributed by atoms with Crippen LogP contribution in [0.2, 0.25) is 0 Å². The number of nitriles is 1. The Morgan fingerprint density at radius 1 is 1.08 bits per heavy atom. The van der Waals surface area contributed by atoms with Crippen molar-refractivity contribution >= 4 is 17.1 Å². The highest BCUT2D eigenvalue weighted by Gasteiger charge is 2.26. The van der Waals surface area contributed by atoms with Gasteiger partial charge in [-0.05, 0) is 61.4 Å². The highest BCUT2D eigenvalue weighted by atomic mass is 16.4. The maximum absolute atomic E-state index is 12.1. The zero-order chi connectivity index (χ0) is 24.9. The van der Waals surface area contributed by atoms with Gasteiger partial charge < -0.3 is 14.6 Å². The number of imidazole rings is 1. The molecule has 0 aliphatic heterocycles. The Hall–Kier alpha value is -4.18. The number of carboxylic acid groups (broad SMARTS) is 1. The number of hydrogen-bond acceptors (Lipinski definition) is 4. The molecule has 1 aliphatic carbocycles. The molecular weight excluding hydrogens is 450 g/mol. The van der Waals surface area contributed by atoms with E-state index in [9.17, 15) is 15.2 Å². The second-order valence-electron chi connectivity index (χ2n) is 9.65. The molecule has 4 aromatic rings. The third-order valence-electron chi connectivity index (χ3n) is 7.07. The number of fused-ring (bicyclic) bond motifs is 1. The molecule has 5 rings (SSSR count). The summed E-state index contributed by atoms with van der Waals surface area (Å²) < 4.78 is 2.14. The van der Waals surface area contributed by atoms with Crippen molar-refractivity contribution in [3.63, 3.8) is 0 Å². The number of amides is 1. The van der Waals surface area contributed by atoms with Gasteiger partial charge in [-0.15, -0.1) is 0 Å². The highest BCUT2D eigenvalue weighted by molar-refractivity contribution is 5.77. The van der Waals surface area contributed by atoms with E-state index < -0.39 is 6.09 Å². The van der Waals surface area contributed by atoms with Crippen molar-refractivity contribution in [1.29, 1.82) is 5.26 Å². The summed E-state index contributed by atoms with van der Waals surface area (Å²) in [7, 11) is 0. The molecule has 7 heteroatoms. The van der Waals surface area contributed by atoms with E-state index >= 15 is 0 Å². The first-order chi connectivity index (χ1) is 17.6. The lowest BCUT2D eigenvalue weighted by atomic mass is 9.81. The largest absolute Gasteiger partial charge is 0.465 e. The summed E-state index contributed by atoms with van der Waals surface area (Å²) in [6.45, 7) is 1.61. The van der Waals surface area contributed by atoms with Gasteiger partial charge in [-0.2, -0.15) is 5.26 Å². The maximum atomic E-state index is 12.1. The van der Waals surface area contributed by atoms with E-state index in [2.05, 4.69) is 15.6 Å². The molecule has 2 heterocycles. The molecule has 1 N–H and O–H groups in total. The van der Waals surface area contributed by atoms with Crippen LogP contribution in [0.4, 0.5) is 4.79 Å². The Morgan fingerprint density at radius 2 is 1.92 bits per heavy atom. The van der Waals surface area contributed by atoms with Gasteiger partial charge in [0.25, 0.3) is 0 Å². The number of nitrogens with zero attached hydrogens (tertiary/aromatic N) is 5. The van der Waals surface area contributed by atoms with E-state index in [0.717, 1.165) is 60.2 Å². The maximum Gasteiger partial charge on any atom is 0.407 e. The molecule has 0 saturated heterocycles. The van der Waals surface area contributed by atoms with Crippen LogP contribution in [0.1, 0.15) is 36.9 Å². The van der Waals surface area contributed by atoms with E-state index in [0.29, 0.717) is 23.9 Å². The number of benzene rings is 2. The van der Waals surface area contributed by atoms with Gasteiger partial charge >= 0.3 is 6.09 Å². The van der Waals surface area contributed by atoms with Crippen LogP contribution in [0, 0.1) is 23.2 Å². The molecule has 1 amide bonds. The van der Waals surface area contributed by atoms with E-state index in [1.165, 1.54) is 4.90 Å². The van der Waals surface area contributed by atoms with Crippen LogP contribution >= 0.6 is 0 Å². The van der Waals surface area contributed by atoms with Crippen molar-refractivity contribution in [3.05, 3.63) is 84.3 Å². The fraction of sp³-hybridized carbons (Fsp3) is 0.310. The fourth-order valence-corrected chi connectivity index (χ4v) is 5.34. The molecule has 36 heavy (non-hydrogen) atoms. The minimum atomic E-state index is -0.909. The summed E-state index contributed by atoms with van der Waals surface area (Å²) in [4.78, 5) is 22.9. The molecule has 1 saturated carbocycles. The van der Waals surface area contributed by atoms with Crippen molar-refractivity contribution < 1.29 is 9.90 Å². The predicted molar refractivity (Wildman–Crippen MR) is 138 cm³/mol. The van der Waals surface area contributed by atoms with Crippen LogP contribution in [0.3, 0.4) is 0 Å². The van der Waals surface area contributed by atoms with Crippen LogP contribution in [-0.2, 0) is 13.1 Å². The zero-order valence-corrected chi connectivity index (χ0v) is 20.1. The second-order valence-corrected chi connectivity index (χ2v) is 9.65. The van der Waals surface area contributed by atoms with Crippen LogP contribution in [0.5, 0.6) is 0 Å². The van der Waals surface area contributed by atoms with Gasteiger partial charge in [0.2, 0.25) is 0 Å². The molecule has 7 nitrogen and oxygen atoms in total. The van der Waals surface area contributed by atoms with E-state index in [1.807, 2.05) is 67.0 Å². The first-order valence-corrected chi connectivity index (χ1v) is 12.4. The van der Waals surface area contributed by atoms with Crippen molar-refractivity contribution in [2.45, 2.75) is 38.8 Å². The molecule has 0 spiro atoms. The van der Waals surface area contributed by atoms with Gasteiger partial charge in [0.05, 0.1) is 46.9 Å². The van der Waals surface area contributed by atoms with Crippen LogP contribution in [0.15, 0.2) is 73.1 Å². The summed E-state index contributed by atoms with van der Waals surface area (Å²) >= 11 is 0. The van der Waals surface area contributed by atoms with E-state index in [-0.39, 0.29) is 6.54 Å². The normalized spacial score (nSPS) is 17.5. The number of hydrogen-bond donors (Lipinski definition) is 1. The third-order valence-corrected chi connectivity index (χ3v) is 7.07. The van der Waals surface area contributed by atoms with Crippen LogP contribution in [-0.4, -0.2) is 37.2 Å². The lowest BCUT2D eigenvalue weighted by molar-refractivity contribution is 0.119. The molecule has 2 atom stereocenters. The lowest BCUT2D eigenvalue weighted by Crippen LogP contribution is -2.36. The summed E-state index contributed by atoms with van der Waals surface area (Å²) in [5, 5.41) is 19.2. The van der Waals surface area contributed by atoms with E-state index in [4.69, 9.17) is 4.98 Å². The SMILES string of the molecule is N#Cc1ccc2ncn(C[C@H]3CCCC(CN(Cc4cccc(-c5ccccc5)n4)C(=O)O)C3)c2c1. The van der Waals surface area contributed by atoms with Gasteiger partial charge in [-0.25, -0.2) is 9.78 Å². The summed E-state index contributed by atoms with van der Waals surface area (Å²) in [6.07, 6.45) is 5.14. The minimum absolute atomic E-state index is 0.278. The first kappa shape index (κ1) is 23.6. The molecule has 2 aromatic carbocycles. The van der Waals surface area contributed by atoms with E-state index in [1.54, 1.807) is 6.07 Å². The Bertz CT molecular complexity index is 1390. The van der Waals surface area contributed by atoms with Gasteiger partial charge in [-0.3, -0.25) is 4.98 Å². The molecule has 2 aromatic heterocycles. The van der Waals surface area contributed by atoms with Gasteiger partial charge in [0.1, 0.15) is 0 Å². The molecule has 0 bridgehead atoms. The van der Waals surface area contributed by atoms with Crippen molar-refractivity contribution in [3.8, 4) is 17.3 Å². The van der Waals surface area contributed by atoms with Gasteiger partial charge in [0.15, 0.2) is 0 Å². The Morgan fingerprint density at radius 3 is 2.72 bits per heavy atom. The van der Waals surface area contributed by atoms with Crippen molar-refractivity contribution in [2.75, 3.05) is 6.54 Å². The number of aromatic nitrogens is 3. The topological polar surface area (TPSA) is 95.0 Å². The molecule has 1 fully saturated rings. The average molecular weight is 480 g/mol. The quantitative estimate of drug-likeness (QED) is 0.353. The minimum Gasteiger partial charge on any atom is -0.465 e. The zero-order valence-electron chi connectivity index (χ0n) is 20.1. The first-order valence-electron chi connectivity index (χ1n) is 12.4. The number of carbonyl (C=O) groups is 1. The Labute approximate surface area is 210 Å². The second kappa shape index (κ2) is 10.6. The molecule has 182 valence electrons. The summed E-state index contributed by atoms with van der Waals surface area (Å²) in [5.74, 6) is 0.753. The summed E-state index contributed by atoms with van der Waals surface area (Å²) in [5.41, 5.74) is 5.13. The molecule has 1 aliphatic rings. The Balaban J connectivity index is 1.25. The third kappa shape index (κ3) is 5.38. The van der Waals surface area contributed by atoms with Gasteiger partial charge in [0, 0.05) is 18.7 Å². The van der Waals surface area contributed by atoms with Crippen molar-refractivity contribution in [2.24, 2.45) is 11.8 Å². The highest BCUT2D eigenvalue weighted by Crippen LogP contribution is 2.32.